The molecule has 1 aromatic rings. The van der Waals surface area contributed by atoms with Gasteiger partial charge in [-0.1, -0.05) is 11.8 Å². The number of sulfone groups is 1. The molecule has 0 aliphatic carbocycles. The number of carbonyl (C=O) groups is 1. The lowest BCUT2D eigenvalue weighted by Gasteiger charge is -2.06. The highest BCUT2D eigenvalue weighted by Gasteiger charge is 2.11. The topological polar surface area (TPSA) is 83.5 Å². The number of rotatable bonds is 4. The van der Waals surface area contributed by atoms with E-state index in [2.05, 4.69) is 17.2 Å². The van der Waals surface area contributed by atoms with Crippen molar-refractivity contribution in [1.29, 1.82) is 0 Å². The Morgan fingerprint density at radius 3 is 2.65 bits per heavy atom. The number of aliphatic hydroxyl groups excluding tert-OH is 1. The van der Waals surface area contributed by atoms with Gasteiger partial charge in [-0.25, -0.2) is 8.42 Å². The molecule has 6 heteroatoms. The second kappa shape index (κ2) is 7.08. The monoisotopic (exact) mass is 295 g/mol. The Bertz CT molecular complexity index is 653. The fourth-order valence-corrected chi connectivity index (χ4v) is 2.13. The zero-order chi connectivity index (χ0) is 15.2. The number of hydrogen-bond acceptors (Lipinski definition) is 4. The highest BCUT2D eigenvalue weighted by Crippen LogP contribution is 2.14. The third kappa shape index (κ3) is 6.36. The molecule has 0 saturated carbocycles. The molecule has 0 saturated heterocycles. The fourth-order valence-electron chi connectivity index (χ4n) is 1.58. The molecule has 0 aliphatic heterocycles. The van der Waals surface area contributed by atoms with E-state index in [9.17, 15) is 13.2 Å². The van der Waals surface area contributed by atoms with Crippen LogP contribution in [0.25, 0.3) is 0 Å². The lowest BCUT2D eigenvalue weighted by atomic mass is 10.1. The van der Waals surface area contributed by atoms with Gasteiger partial charge in [0, 0.05) is 23.9 Å². The molecule has 0 aliphatic rings. The molecule has 5 nitrogen and oxygen atoms in total. The molecule has 0 radical (unpaired) electrons. The maximum Gasteiger partial charge on any atom is 0.239 e. The number of anilines is 1. The normalized spacial score (nSPS) is 10.6. The van der Waals surface area contributed by atoms with Gasteiger partial charge in [0.05, 0.1) is 6.61 Å². The summed E-state index contributed by atoms with van der Waals surface area (Å²) in [6.45, 7) is 1.85. The lowest BCUT2D eigenvalue weighted by molar-refractivity contribution is -0.113. The quantitative estimate of drug-likeness (QED) is 0.801. The Kier molecular flexibility index (Phi) is 5.74. The molecule has 2 N–H and O–H groups in total. The van der Waals surface area contributed by atoms with Gasteiger partial charge < -0.3 is 10.4 Å². The van der Waals surface area contributed by atoms with Gasteiger partial charge in [-0.05, 0) is 30.7 Å². The van der Waals surface area contributed by atoms with E-state index in [1.807, 2.05) is 13.0 Å². The average Bonchev–Trinajstić information content (AvgIpc) is 2.25. The Morgan fingerprint density at radius 1 is 1.35 bits per heavy atom. The summed E-state index contributed by atoms with van der Waals surface area (Å²) in [5.74, 6) is 4.53. The largest absolute Gasteiger partial charge is 0.395 e. The summed E-state index contributed by atoms with van der Waals surface area (Å²) >= 11 is 0. The number of carbonyl (C=O) groups excluding carboxylic acids is 1. The summed E-state index contributed by atoms with van der Waals surface area (Å²) < 4.78 is 22.1. The number of aliphatic hydroxyl groups is 1. The average molecular weight is 295 g/mol. The number of hydrogen-bond donors (Lipinski definition) is 2. The van der Waals surface area contributed by atoms with Crippen LogP contribution in [0.1, 0.15) is 17.5 Å². The van der Waals surface area contributed by atoms with Crippen molar-refractivity contribution in [3.63, 3.8) is 0 Å². The van der Waals surface area contributed by atoms with Crippen LogP contribution in [-0.2, 0) is 14.6 Å². The van der Waals surface area contributed by atoms with E-state index in [0.29, 0.717) is 17.7 Å². The molecule has 1 aromatic carbocycles. The minimum absolute atomic E-state index is 0.00321. The molecular weight excluding hydrogens is 278 g/mol. The molecular formula is C14H17NO4S. The van der Waals surface area contributed by atoms with Gasteiger partial charge in [0.25, 0.3) is 0 Å². The van der Waals surface area contributed by atoms with Crippen LogP contribution in [0, 0.1) is 18.8 Å². The number of aryl methyl sites for hydroxylation is 1. The van der Waals surface area contributed by atoms with E-state index < -0.39 is 21.5 Å². The summed E-state index contributed by atoms with van der Waals surface area (Å²) in [6, 6.07) is 5.24. The van der Waals surface area contributed by atoms with Gasteiger partial charge in [-0.15, -0.1) is 0 Å². The Morgan fingerprint density at radius 2 is 2.05 bits per heavy atom. The Balaban J connectivity index is 2.86. The number of amides is 1. The van der Waals surface area contributed by atoms with Crippen molar-refractivity contribution in [3.05, 3.63) is 29.3 Å². The minimum atomic E-state index is -3.35. The van der Waals surface area contributed by atoms with Crippen molar-refractivity contribution >= 4 is 21.4 Å². The molecule has 20 heavy (non-hydrogen) atoms. The predicted octanol–water partition coefficient (Wildman–Crippen LogP) is 0.712. The van der Waals surface area contributed by atoms with E-state index in [1.54, 1.807) is 12.1 Å². The molecule has 108 valence electrons. The van der Waals surface area contributed by atoms with Gasteiger partial charge in [0.2, 0.25) is 5.91 Å². The summed E-state index contributed by atoms with van der Waals surface area (Å²) in [4.78, 5) is 11.6. The van der Waals surface area contributed by atoms with Gasteiger partial charge in [-0.2, -0.15) is 0 Å². The van der Waals surface area contributed by atoms with Crippen molar-refractivity contribution in [1.82, 2.24) is 0 Å². The first-order valence-corrected chi connectivity index (χ1v) is 8.05. The molecule has 0 bridgehead atoms. The summed E-state index contributed by atoms with van der Waals surface area (Å²) in [6.07, 6.45) is 1.39. The molecule has 0 fully saturated rings. The first-order valence-electron chi connectivity index (χ1n) is 5.99. The van der Waals surface area contributed by atoms with Crippen molar-refractivity contribution in [2.24, 2.45) is 0 Å². The van der Waals surface area contributed by atoms with Crippen LogP contribution in [0.2, 0.25) is 0 Å². The zero-order valence-corrected chi connectivity index (χ0v) is 12.3. The third-order valence-electron chi connectivity index (χ3n) is 2.22. The maximum atomic E-state index is 11.6. The maximum absolute atomic E-state index is 11.6. The number of nitrogens with one attached hydrogen (secondary N) is 1. The van der Waals surface area contributed by atoms with E-state index in [0.717, 1.165) is 11.8 Å². The summed E-state index contributed by atoms with van der Waals surface area (Å²) in [5, 5.41) is 11.2. The van der Waals surface area contributed by atoms with E-state index in [-0.39, 0.29) is 6.61 Å². The van der Waals surface area contributed by atoms with Crippen molar-refractivity contribution in [2.75, 3.05) is 23.9 Å². The molecule has 0 atom stereocenters. The van der Waals surface area contributed by atoms with Crippen molar-refractivity contribution in [3.8, 4) is 11.8 Å². The molecule has 0 heterocycles. The van der Waals surface area contributed by atoms with E-state index in [1.165, 1.54) is 0 Å². The smallest absolute Gasteiger partial charge is 0.239 e. The molecule has 0 aromatic heterocycles. The second-order valence-electron chi connectivity index (χ2n) is 4.48. The van der Waals surface area contributed by atoms with Crippen molar-refractivity contribution in [2.45, 2.75) is 13.3 Å². The van der Waals surface area contributed by atoms with Crippen LogP contribution in [0.5, 0.6) is 0 Å². The van der Waals surface area contributed by atoms with Gasteiger partial charge in [-0.3, -0.25) is 4.79 Å². The molecule has 1 amide bonds. The first-order chi connectivity index (χ1) is 9.30. The predicted molar refractivity (Wildman–Crippen MR) is 78.1 cm³/mol. The molecule has 1 rings (SSSR count). The fraction of sp³-hybridized carbons (Fsp3) is 0.357. The van der Waals surface area contributed by atoms with E-state index >= 15 is 0 Å². The minimum Gasteiger partial charge on any atom is -0.395 e. The first kappa shape index (κ1) is 16.2. The summed E-state index contributed by atoms with van der Waals surface area (Å²) in [5.41, 5.74) is 2.11. The Hall–Kier alpha value is -1.84. The van der Waals surface area contributed by atoms with E-state index in [4.69, 9.17) is 5.11 Å². The highest BCUT2D eigenvalue weighted by atomic mass is 32.2. The van der Waals surface area contributed by atoms with Crippen LogP contribution in [0.3, 0.4) is 0 Å². The molecule has 0 unspecified atom stereocenters. The van der Waals surface area contributed by atoms with Gasteiger partial charge in [0.15, 0.2) is 9.84 Å². The van der Waals surface area contributed by atoms with Gasteiger partial charge >= 0.3 is 0 Å². The van der Waals surface area contributed by atoms with Crippen LogP contribution in [0.15, 0.2) is 18.2 Å². The lowest BCUT2D eigenvalue weighted by Crippen LogP contribution is -2.21. The SMILES string of the molecule is Cc1cc(C#CCCO)cc(NC(=O)CS(C)(=O)=O)c1. The highest BCUT2D eigenvalue weighted by molar-refractivity contribution is 7.91. The third-order valence-corrected chi connectivity index (χ3v) is 3.01. The Labute approximate surface area is 118 Å². The summed E-state index contributed by atoms with van der Waals surface area (Å²) in [7, 11) is -3.35. The van der Waals surface area contributed by atoms with Crippen LogP contribution >= 0.6 is 0 Å². The standard InChI is InChI=1S/C14H17NO4S/c1-11-7-12(5-3-4-6-16)9-13(8-11)15-14(17)10-20(2,18)19/h7-9,16H,4,6,10H2,1-2H3,(H,15,17). The van der Waals surface area contributed by atoms with Crippen LogP contribution < -0.4 is 5.32 Å². The van der Waals surface area contributed by atoms with Crippen LogP contribution in [-0.4, -0.2) is 38.0 Å². The zero-order valence-electron chi connectivity index (χ0n) is 11.4. The van der Waals surface area contributed by atoms with Crippen molar-refractivity contribution < 1.29 is 18.3 Å². The number of benzene rings is 1. The van der Waals surface area contributed by atoms with Gasteiger partial charge in [0.1, 0.15) is 5.75 Å². The molecule has 0 spiro atoms. The van der Waals surface area contributed by atoms with Crippen LogP contribution in [0.4, 0.5) is 5.69 Å². The second-order valence-corrected chi connectivity index (χ2v) is 6.62.